The van der Waals surface area contributed by atoms with Crippen molar-refractivity contribution in [3.63, 3.8) is 0 Å². The number of hydrogen-bond donors (Lipinski definition) is 2. The zero-order chi connectivity index (χ0) is 27.3. The summed E-state index contributed by atoms with van der Waals surface area (Å²) < 4.78 is 30.8. The second-order valence-corrected chi connectivity index (χ2v) is 11.5. The Hall–Kier alpha value is -3.42. The fraction of sp³-hybridized carbons (Fsp3) is 0.323. The number of rotatable bonds is 10. The summed E-state index contributed by atoms with van der Waals surface area (Å²) in [5.74, 6) is -0.957. The van der Waals surface area contributed by atoms with Crippen LogP contribution in [0, 0.1) is 0 Å². The van der Waals surface area contributed by atoms with Gasteiger partial charge in [-0.3, -0.25) is 0 Å². The fourth-order valence-electron chi connectivity index (χ4n) is 5.59. The van der Waals surface area contributed by atoms with E-state index in [0.29, 0.717) is 30.4 Å². The Morgan fingerprint density at radius 2 is 1.55 bits per heavy atom. The van der Waals surface area contributed by atoms with Crippen molar-refractivity contribution in [3.05, 3.63) is 101 Å². The second kappa shape index (κ2) is 11.5. The molecule has 3 N–H and O–H groups in total. The minimum atomic E-state index is -3.98. The number of esters is 1. The summed E-state index contributed by atoms with van der Waals surface area (Å²) in [5, 5.41) is 16.9. The van der Waals surface area contributed by atoms with Crippen LogP contribution in [0.3, 0.4) is 0 Å². The lowest BCUT2D eigenvalue weighted by Gasteiger charge is -2.39. The van der Waals surface area contributed by atoms with Gasteiger partial charge in [-0.2, -0.15) is 0 Å². The Balaban J connectivity index is 1.74. The van der Waals surface area contributed by atoms with E-state index in [4.69, 9.17) is 9.88 Å². The van der Waals surface area contributed by atoms with Gasteiger partial charge in [-0.15, -0.1) is 0 Å². The van der Waals surface area contributed by atoms with Crippen molar-refractivity contribution >= 4 is 16.0 Å². The summed E-state index contributed by atoms with van der Waals surface area (Å²) in [4.78, 5) is 13.6. The SMILES string of the molecule is CCCC1(CCc2ccccc2)CC(O)=C(C(CC)c2ccccc2-c2ccccc2S(N)(=O)=O)C(=O)O1. The van der Waals surface area contributed by atoms with Gasteiger partial charge in [0.15, 0.2) is 0 Å². The van der Waals surface area contributed by atoms with Crippen molar-refractivity contribution in [1.29, 1.82) is 0 Å². The molecular weight excluding hydrogens is 498 g/mol. The van der Waals surface area contributed by atoms with Crippen LogP contribution < -0.4 is 5.14 Å². The van der Waals surface area contributed by atoms with Crippen LogP contribution in [0.2, 0.25) is 0 Å². The van der Waals surface area contributed by atoms with E-state index in [-0.39, 0.29) is 22.6 Å². The first-order valence-electron chi connectivity index (χ1n) is 13.1. The van der Waals surface area contributed by atoms with Crippen LogP contribution in [0.4, 0.5) is 0 Å². The number of cyclic esters (lactones) is 1. The van der Waals surface area contributed by atoms with Gasteiger partial charge in [-0.25, -0.2) is 18.4 Å². The lowest BCUT2D eigenvalue weighted by Crippen LogP contribution is -2.41. The molecule has 2 atom stereocenters. The number of primary sulfonamides is 1. The van der Waals surface area contributed by atoms with Gasteiger partial charge < -0.3 is 9.84 Å². The van der Waals surface area contributed by atoms with Crippen molar-refractivity contribution in [1.82, 2.24) is 0 Å². The number of aliphatic hydroxyl groups excluding tert-OH is 1. The first-order chi connectivity index (χ1) is 18.2. The van der Waals surface area contributed by atoms with E-state index in [2.05, 4.69) is 12.1 Å². The van der Waals surface area contributed by atoms with Crippen LogP contribution in [0.15, 0.2) is 95.1 Å². The van der Waals surface area contributed by atoms with Gasteiger partial charge >= 0.3 is 5.97 Å². The molecule has 7 heteroatoms. The Bertz CT molecular complexity index is 1430. The summed E-state index contributed by atoms with van der Waals surface area (Å²) >= 11 is 0. The van der Waals surface area contributed by atoms with E-state index in [0.717, 1.165) is 24.0 Å². The Morgan fingerprint density at radius 3 is 2.18 bits per heavy atom. The van der Waals surface area contributed by atoms with Crippen molar-refractivity contribution < 1.29 is 23.1 Å². The van der Waals surface area contributed by atoms with Gasteiger partial charge in [-0.05, 0) is 48.4 Å². The maximum Gasteiger partial charge on any atom is 0.338 e. The van der Waals surface area contributed by atoms with Crippen molar-refractivity contribution in [2.75, 3.05) is 0 Å². The van der Waals surface area contributed by atoms with Crippen LogP contribution >= 0.6 is 0 Å². The Morgan fingerprint density at radius 1 is 0.921 bits per heavy atom. The van der Waals surface area contributed by atoms with Gasteiger partial charge in [0.1, 0.15) is 11.4 Å². The van der Waals surface area contributed by atoms with E-state index in [1.165, 1.54) is 6.07 Å². The second-order valence-electron chi connectivity index (χ2n) is 9.93. The molecule has 200 valence electrons. The lowest BCUT2D eigenvalue weighted by atomic mass is 9.78. The third kappa shape index (κ3) is 5.84. The van der Waals surface area contributed by atoms with Crippen LogP contribution in [0.25, 0.3) is 11.1 Å². The largest absolute Gasteiger partial charge is 0.512 e. The van der Waals surface area contributed by atoms with E-state index >= 15 is 0 Å². The fourth-order valence-corrected chi connectivity index (χ4v) is 6.34. The summed E-state index contributed by atoms with van der Waals surface area (Å²) in [6.45, 7) is 3.98. The maximum atomic E-state index is 13.6. The van der Waals surface area contributed by atoms with E-state index in [1.54, 1.807) is 18.2 Å². The molecule has 38 heavy (non-hydrogen) atoms. The molecule has 0 amide bonds. The average molecular weight is 534 g/mol. The zero-order valence-corrected chi connectivity index (χ0v) is 22.7. The summed E-state index contributed by atoms with van der Waals surface area (Å²) in [7, 11) is -3.98. The van der Waals surface area contributed by atoms with Gasteiger partial charge in [0.25, 0.3) is 0 Å². The molecule has 1 aliphatic heterocycles. The monoisotopic (exact) mass is 533 g/mol. The topological polar surface area (TPSA) is 107 Å². The number of carbonyl (C=O) groups is 1. The molecule has 0 aliphatic carbocycles. The number of nitrogens with two attached hydrogens (primary N) is 1. The quantitative estimate of drug-likeness (QED) is 0.292. The highest BCUT2D eigenvalue weighted by molar-refractivity contribution is 7.89. The highest BCUT2D eigenvalue weighted by Gasteiger charge is 2.43. The number of aryl methyl sites for hydroxylation is 1. The van der Waals surface area contributed by atoms with Gasteiger partial charge in [0.05, 0.1) is 10.5 Å². The standard InChI is InChI=1S/C31H35NO5S/c1-3-19-31(20-18-22-12-6-5-7-13-22)21-27(33)29(30(34)37-31)23(4-2)24-14-8-9-15-25(24)26-16-10-11-17-28(26)38(32,35)36/h5-17,23,33H,3-4,18-21H2,1-2H3,(H2,32,35,36). The number of hydrogen-bond acceptors (Lipinski definition) is 5. The van der Waals surface area contributed by atoms with E-state index in [9.17, 15) is 18.3 Å². The van der Waals surface area contributed by atoms with Gasteiger partial charge in [0.2, 0.25) is 10.0 Å². The van der Waals surface area contributed by atoms with Crippen LogP contribution in [0.1, 0.15) is 63.0 Å². The highest BCUT2D eigenvalue weighted by Crippen LogP contribution is 2.44. The summed E-state index contributed by atoms with van der Waals surface area (Å²) in [6.07, 6.45) is 3.58. The summed E-state index contributed by atoms with van der Waals surface area (Å²) in [6, 6.07) is 23.9. The zero-order valence-electron chi connectivity index (χ0n) is 21.9. The van der Waals surface area contributed by atoms with Crippen LogP contribution in [-0.4, -0.2) is 25.1 Å². The molecule has 4 rings (SSSR count). The number of aliphatic hydroxyl groups is 1. The normalized spacial score (nSPS) is 18.8. The van der Waals surface area contributed by atoms with Gasteiger partial charge in [-0.1, -0.05) is 93.1 Å². The number of sulfonamides is 1. The summed E-state index contributed by atoms with van der Waals surface area (Å²) in [5.41, 5.74) is 2.45. The van der Waals surface area contributed by atoms with Crippen LogP contribution in [-0.2, 0) is 26.0 Å². The van der Waals surface area contributed by atoms with Crippen molar-refractivity contribution in [2.45, 2.75) is 68.8 Å². The molecular formula is C31H35NO5S. The third-order valence-electron chi connectivity index (χ3n) is 7.32. The Labute approximate surface area is 225 Å². The lowest BCUT2D eigenvalue weighted by molar-refractivity contribution is -0.161. The molecule has 0 saturated carbocycles. The average Bonchev–Trinajstić information content (AvgIpc) is 2.90. The van der Waals surface area contributed by atoms with Crippen LogP contribution in [0.5, 0.6) is 0 Å². The van der Waals surface area contributed by atoms with Gasteiger partial charge in [0, 0.05) is 17.9 Å². The predicted octanol–water partition coefficient (Wildman–Crippen LogP) is 6.43. The maximum absolute atomic E-state index is 13.6. The first-order valence-corrected chi connectivity index (χ1v) is 14.6. The molecule has 0 aromatic heterocycles. The van der Waals surface area contributed by atoms with Crippen molar-refractivity contribution in [2.24, 2.45) is 5.14 Å². The molecule has 0 radical (unpaired) electrons. The molecule has 1 aliphatic rings. The smallest absolute Gasteiger partial charge is 0.338 e. The predicted molar refractivity (Wildman–Crippen MR) is 149 cm³/mol. The molecule has 3 aromatic carbocycles. The highest BCUT2D eigenvalue weighted by atomic mass is 32.2. The number of benzene rings is 3. The molecule has 0 fully saturated rings. The molecule has 2 unspecified atom stereocenters. The Kier molecular flexibility index (Phi) is 8.38. The molecule has 1 heterocycles. The molecule has 3 aromatic rings. The first kappa shape index (κ1) is 27.6. The van der Waals surface area contributed by atoms with E-state index in [1.807, 2.05) is 56.3 Å². The molecule has 6 nitrogen and oxygen atoms in total. The molecule has 0 spiro atoms. The minimum Gasteiger partial charge on any atom is -0.512 e. The third-order valence-corrected chi connectivity index (χ3v) is 8.29. The molecule has 0 saturated heterocycles. The molecule has 0 bridgehead atoms. The number of carbonyl (C=O) groups excluding carboxylic acids is 1. The van der Waals surface area contributed by atoms with E-state index < -0.39 is 27.5 Å². The number of ether oxygens (including phenoxy) is 1. The minimum absolute atomic E-state index is 0.00889. The van der Waals surface area contributed by atoms with Crippen molar-refractivity contribution in [3.8, 4) is 11.1 Å².